The molecule has 0 radical (unpaired) electrons. The first kappa shape index (κ1) is 12.4. The first-order valence-electron chi connectivity index (χ1n) is 6.76. The van der Waals surface area contributed by atoms with Crippen LogP contribution in [0.2, 0.25) is 0 Å². The first-order chi connectivity index (χ1) is 8.09. The van der Waals surface area contributed by atoms with Crippen molar-refractivity contribution in [1.82, 2.24) is 5.32 Å². The molecular formula is C15H24N2. The maximum absolute atomic E-state index is 4.57. The second kappa shape index (κ2) is 5.07. The minimum Gasteiger partial charge on any atom is -0.381 e. The minimum atomic E-state index is 0.590. The van der Waals surface area contributed by atoms with E-state index in [4.69, 9.17) is 0 Å². The number of allylic oxidation sites excluding steroid dienone is 1. The van der Waals surface area contributed by atoms with E-state index in [2.05, 4.69) is 37.7 Å². The zero-order valence-electron chi connectivity index (χ0n) is 11.3. The molecule has 2 nitrogen and oxygen atoms in total. The molecule has 0 bridgehead atoms. The van der Waals surface area contributed by atoms with Crippen LogP contribution in [-0.4, -0.2) is 18.3 Å². The van der Waals surface area contributed by atoms with Gasteiger partial charge in [0.2, 0.25) is 0 Å². The molecule has 1 aliphatic carbocycles. The van der Waals surface area contributed by atoms with Crippen molar-refractivity contribution < 1.29 is 0 Å². The van der Waals surface area contributed by atoms with Gasteiger partial charge in [-0.1, -0.05) is 26.3 Å². The molecule has 1 aliphatic heterocycles. The van der Waals surface area contributed by atoms with Gasteiger partial charge in [0.25, 0.3) is 0 Å². The van der Waals surface area contributed by atoms with Gasteiger partial charge in [-0.05, 0) is 43.8 Å². The lowest BCUT2D eigenvalue weighted by Crippen LogP contribution is -2.38. The van der Waals surface area contributed by atoms with E-state index in [-0.39, 0.29) is 0 Å². The number of nitrogens with one attached hydrogen (secondary N) is 1. The summed E-state index contributed by atoms with van der Waals surface area (Å²) in [7, 11) is 0. The van der Waals surface area contributed by atoms with Crippen molar-refractivity contribution in [3.63, 3.8) is 0 Å². The van der Waals surface area contributed by atoms with E-state index >= 15 is 0 Å². The second-order valence-corrected chi connectivity index (χ2v) is 5.56. The Morgan fingerprint density at radius 3 is 2.59 bits per heavy atom. The van der Waals surface area contributed by atoms with E-state index in [0.29, 0.717) is 6.04 Å². The van der Waals surface area contributed by atoms with Gasteiger partial charge in [-0.3, -0.25) is 4.99 Å². The second-order valence-electron chi connectivity index (χ2n) is 5.56. The van der Waals surface area contributed by atoms with Crippen LogP contribution in [0.25, 0.3) is 0 Å². The number of aliphatic imine (C=N–C) groups is 1. The molecule has 2 heteroatoms. The fourth-order valence-electron chi connectivity index (χ4n) is 2.78. The number of hydrogen-bond donors (Lipinski definition) is 1. The van der Waals surface area contributed by atoms with Gasteiger partial charge in [0.15, 0.2) is 0 Å². The molecule has 1 N–H and O–H groups in total. The summed E-state index contributed by atoms with van der Waals surface area (Å²) in [6.07, 6.45) is 5.33. The highest BCUT2D eigenvalue weighted by atomic mass is 15.0. The summed E-state index contributed by atoms with van der Waals surface area (Å²) >= 11 is 0. The SMILES string of the molecule is C=C(NC1CCCCC1C)C1=NCC(C)=C1C. The van der Waals surface area contributed by atoms with Gasteiger partial charge in [0, 0.05) is 6.04 Å². The molecule has 0 aromatic heterocycles. The Bertz CT molecular complexity index is 376. The monoisotopic (exact) mass is 232 g/mol. The molecule has 0 aromatic carbocycles. The predicted octanol–water partition coefficient (Wildman–Crippen LogP) is 3.46. The third-order valence-electron chi connectivity index (χ3n) is 4.23. The van der Waals surface area contributed by atoms with Crippen LogP contribution in [0.1, 0.15) is 46.5 Å². The lowest BCUT2D eigenvalue weighted by atomic mass is 9.85. The average molecular weight is 232 g/mol. The number of nitrogens with zero attached hydrogens (tertiary/aromatic N) is 1. The van der Waals surface area contributed by atoms with E-state index in [9.17, 15) is 0 Å². The Morgan fingerprint density at radius 2 is 2.00 bits per heavy atom. The standard InChI is InChI=1S/C15H24N2/c1-10-7-5-6-8-14(10)17-13(4)15-12(3)11(2)9-16-15/h10,14,17H,4-9H2,1-3H3. The van der Waals surface area contributed by atoms with E-state index in [1.165, 1.54) is 36.8 Å². The van der Waals surface area contributed by atoms with Gasteiger partial charge in [0.1, 0.15) is 0 Å². The van der Waals surface area contributed by atoms with Crippen LogP contribution in [0.15, 0.2) is 28.4 Å². The molecule has 2 aliphatic rings. The summed E-state index contributed by atoms with van der Waals surface area (Å²) in [5, 5.41) is 3.60. The maximum Gasteiger partial charge on any atom is 0.0832 e. The van der Waals surface area contributed by atoms with Gasteiger partial charge in [-0.25, -0.2) is 0 Å². The molecule has 2 rings (SSSR count). The van der Waals surface area contributed by atoms with Crippen molar-refractivity contribution in [2.45, 2.75) is 52.5 Å². The summed E-state index contributed by atoms with van der Waals surface area (Å²) in [5.41, 5.74) is 4.81. The molecular weight excluding hydrogens is 208 g/mol. The highest BCUT2D eigenvalue weighted by Crippen LogP contribution is 2.25. The quantitative estimate of drug-likeness (QED) is 0.791. The van der Waals surface area contributed by atoms with E-state index in [1.54, 1.807) is 0 Å². The average Bonchev–Trinajstić information content (AvgIpc) is 2.63. The van der Waals surface area contributed by atoms with Gasteiger partial charge < -0.3 is 5.32 Å². The molecule has 1 saturated carbocycles. The Morgan fingerprint density at radius 1 is 1.29 bits per heavy atom. The molecule has 2 atom stereocenters. The lowest BCUT2D eigenvalue weighted by Gasteiger charge is -2.31. The summed E-state index contributed by atoms with van der Waals surface area (Å²) < 4.78 is 0. The van der Waals surface area contributed by atoms with Crippen molar-refractivity contribution in [2.75, 3.05) is 6.54 Å². The van der Waals surface area contributed by atoms with Crippen LogP contribution in [0.5, 0.6) is 0 Å². The summed E-state index contributed by atoms with van der Waals surface area (Å²) in [6.45, 7) is 11.7. The van der Waals surface area contributed by atoms with Crippen molar-refractivity contribution in [3.05, 3.63) is 23.4 Å². The van der Waals surface area contributed by atoms with E-state index < -0.39 is 0 Å². The fourth-order valence-corrected chi connectivity index (χ4v) is 2.78. The highest BCUT2D eigenvalue weighted by molar-refractivity contribution is 6.13. The zero-order valence-corrected chi connectivity index (χ0v) is 11.3. The molecule has 1 heterocycles. The van der Waals surface area contributed by atoms with E-state index in [0.717, 1.165) is 23.9 Å². The maximum atomic E-state index is 4.57. The number of hydrogen-bond acceptors (Lipinski definition) is 2. The molecule has 1 fully saturated rings. The Balaban J connectivity index is 1.98. The van der Waals surface area contributed by atoms with Crippen LogP contribution < -0.4 is 5.32 Å². The van der Waals surface area contributed by atoms with Crippen molar-refractivity contribution in [3.8, 4) is 0 Å². The van der Waals surface area contributed by atoms with Crippen LogP contribution in [0.4, 0.5) is 0 Å². The molecule has 0 spiro atoms. The third-order valence-corrected chi connectivity index (χ3v) is 4.23. The van der Waals surface area contributed by atoms with Gasteiger partial charge >= 0.3 is 0 Å². The van der Waals surface area contributed by atoms with Crippen LogP contribution in [0, 0.1) is 5.92 Å². The molecule has 0 aromatic rings. The lowest BCUT2D eigenvalue weighted by molar-refractivity contribution is 0.299. The Kier molecular flexibility index (Phi) is 3.70. The van der Waals surface area contributed by atoms with Gasteiger partial charge in [0.05, 0.1) is 18.0 Å². The summed E-state index contributed by atoms with van der Waals surface area (Å²) in [4.78, 5) is 4.57. The fraction of sp³-hybridized carbons (Fsp3) is 0.667. The molecule has 2 unspecified atom stereocenters. The summed E-state index contributed by atoms with van der Waals surface area (Å²) in [5.74, 6) is 0.757. The summed E-state index contributed by atoms with van der Waals surface area (Å²) in [6, 6.07) is 0.590. The smallest absolute Gasteiger partial charge is 0.0832 e. The third kappa shape index (κ3) is 2.62. The zero-order chi connectivity index (χ0) is 12.4. The van der Waals surface area contributed by atoms with Gasteiger partial charge in [-0.15, -0.1) is 0 Å². The molecule has 94 valence electrons. The Labute approximate surface area is 105 Å². The highest BCUT2D eigenvalue weighted by Gasteiger charge is 2.23. The van der Waals surface area contributed by atoms with E-state index in [1.807, 2.05) is 0 Å². The minimum absolute atomic E-state index is 0.590. The first-order valence-corrected chi connectivity index (χ1v) is 6.76. The van der Waals surface area contributed by atoms with Crippen molar-refractivity contribution in [2.24, 2.45) is 10.9 Å². The van der Waals surface area contributed by atoms with Crippen LogP contribution in [0.3, 0.4) is 0 Å². The van der Waals surface area contributed by atoms with Gasteiger partial charge in [-0.2, -0.15) is 0 Å². The van der Waals surface area contributed by atoms with Crippen molar-refractivity contribution >= 4 is 5.71 Å². The predicted molar refractivity (Wildman–Crippen MR) is 74.4 cm³/mol. The molecule has 0 saturated heterocycles. The van der Waals surface area contributed by atoms with Crippen molar-refractivity contribution in [1.29, 1.82) is 0 Å². The molecule has 0 amide bonds. The molecule has 17 heavy (non-hydrogen) atoms. The van der Waals surface area contributed by atoms with Crippen LogP contribution >= 0.6 is 0 Å². The topological polar surface area (TPSA) is 24.4 Å². The normalized spacial score (nSPS) is 29.2. The Hall–Kier alpha value is -1.05. The number of rotatable bonds is 3. The largest absolute Gasteiger partial charge is 0.381 e. The van der Waals surface area contributed by atoms with Crippen LogP contribution in [-0.2, 0) is 0 Å².